The third-order valence-corrected chi connectivity index (χ3v) is 4.69. The molecule has 3 rings (SSSR count). The van der Waals surface area contributed by atoms with Crippen molar-refractivity contribution in [1.29, 1.82) is 0 Å². The Morgan fingerprint density at radius 3 is 3.05 bits per heavy atom. The standard InChI is InChI=1S/C13H14N2O3S2/c1-9-14-15-13(20-9)19-6-2-5-16-10-3-4-11-12(7-10)18-8-17-11/h3-4,7H,2,5-6,8H2,1H3. The molecule has 0 radical (unpaired) electrons. The second-order valence-electron chi connectivity index (χ2n) is 4.15. The van der Waals surface area contributed by atoms with E-state index in [4.69, 9.17) is 14.2 Å². The van der Waals surface area contributed by atoms with Crippen LogP contribution < -0.4 is 14.2 Å². The molecule has 2 aromatic rings. The fraction of sp³-hybridized carbons (Fsp3) is 0.385. The summed E-state index contributed by atoms with van der Waals surface area (Å²) in [6.07, 6.45) is 0.956. The molecule has 1 aromatic heterocycles. The number of rotatable bonds is 6. The second kappa shape index (κ2) is 6.32. The van der Waals surface area contributed by atoms with Crippen molar-refractivity contribution < 1.29 is 14.2 Å². The highest BCUT2D eigenvalue weighted by molar-refractivity contribution is 8.01. The van der Waals surface area contributed by atoms with Crippen LogP contribution in [0.2, 0.25) is 0 Å². The summed E-state index contributed by atoms with van der Waals surface area (Å²) in [4.78, 5) is 0. The minimum atomic E-state index is 0.288. The normalized spacial score (nSPS) is 12.7. The summed E-state index contributed by atoms with van der Waals surface area (Å²) in [5.74, 6) is 3.31. The first-order valence-corrected chi connectivity index (χ1v) is 8.07. The number of thioether (sulfide) groups is 1. The van der Waals surface area contributed by atoms with Crippen LogP contribution in [0.1, 0.15) is 11.4 Å². The molecule has 0 N–H and O–H groups in total. The van der Waals surface area contributed by atoms with E-state index in [2.05, 4.69) is 10.2 Å². The predicted octanol–water partition coefficient (Wildman–Crippen LogP) is 3.14. The average Bonchev–Trinajstić information content (AvgIpc) is 3.06. The Balaban J connectivity index is 1.39. The lowest BCUT2D eigenvalue weighted by Crippen LogP contribution is -1.98. The first-order chi connectivity index (χ1) is 9.81. The minimum absolute atomic E-state index is 0.288. The van der Waals surface area contributed by atoms with E-state index in [0.29, 0.717) is 6.61 Å². The van der Waals surface area contributed by atoms with E-state index in [1.807, 2.05) is 25.1 Å². The number of ether oxygens (including phenoxy) is 3. The van der Waals surface area contributed by atoms with Gasteiger partial charge >= 0.3 is 0 Å². The van der Waals surface area contributed by atoms with Crippen LogP contribution in [0.25, 0.3) is 0 Å². The molecule has 0 aliphatic carbocycles. The molecule has 7 heteroatoms. The van der Waals surface area contributed by atoms with Crippen molar-refractivity contribution in [3.8, 4) is 17.2 Å². The van der Waals surface area contributed by atoms with Gasteiger partial charge in [0.25, 0.3) is 0 Å². The van der Waals surface area contributed by atoms with Gasteiger partial charge in [-0.15, -0.1) is 10.2 Å². The molecule has 20 heavy (non-hydrogen) atoms. The van der Waals surface area contributed by atoms with Crippen LogP contribution in [0, 0.1) is 6.92 Å². The molecule has 0 amide bonds. The number of aryl methyl sites for hydroxylation is 1. The van der Waals surface area contributed by atoms with Gasteiger partial charge < -0.3 is 14.2 Å². The van der Waals surface area contributed by atoms with Crippen LogP contribution in [-0.2, 0) is 0 Å². The van der Waals surface area contributed by atoms with Gasteiger partial charge in [0.15, 0.2) is 15.8 Å². The number of fused-ring (bicyclic) bond motifs is 1. The highest BCUT2D eigenvalue weighted by atomic mass is 32.2. The molecule has 1 aliphatic heterocycles. The highest BCUT2D eigenvalue weighted by Crippen LogP contribution is 2.35. The van der Waals surface area contributed by atoms with Gasteiger partial charge in [0.05, 0.1) is 6.61 Å². The maximum absolute atomic E-state index is 5.69. The molecule has 2 heterocycles. The summed E-state index contributed by atoms with van der Waals surface area (Å²) in [5.41, 5.74) is 0. The summed E-state index contributed by atoms with van der Waals surface area (Å²) < 4.78 is 17.3. The largest absolute Gasteiger partial charge is 0.493 e. The monoisotopic (exact) mass is 310 g/mol. The topological polar surface area (TPSA) is 53.5 Å². The Morgan fingerprint density at radius 2 is 2.20 bits per heavy atom. The molecule has 5 nitrogen and oxygen atoms in total. The second-order valence-corrected chi connectivity index (χ2v) is 6.68. The molecule has 1 aromatic carbocycles. The van der Waals surface area contributed by atoms with Gasteiger partial charge in [0.2, 0.25) is 6.79 Å². The number of hydrogen-bond donors (Lipinski definition) is 0. The van der Waals surface area contributed by atoms with Crippen molar-refractivity contribution in [1.82, 2.24) is 10.2 Å². The van der Waals surface area contributed by atoms with Gasteiger partial charge in [-0.2, -0.15) is 0 Å². The van der Waals surface area contributed by atoms with E-state index in [1.165, 1.54) is 0 Å². The van der Waals surface area contributed by atoms with E-state index in [0.717, 1.165) is 38.8 Å². The Bertz CT molecular complexity index is 589. The molecule has 0 saturated heterocycles. The zero-order chi connectivity index (χ0) is 13.8. The molecule has 0 fully saturated rings. The minimum Gasteiger partial charge on any atom is -0.493 e. The number of aromatic nitrogens is 2. The Labute approximate surface area is 125 Å². The molecule has 1 aliphatic rings. The van der Waals surface area contributed by atoms with Crippen molar-refractivity contribution in [2.45, 2.75) is 17.7 Å². The first-order valence-electron chi connectivity index (χ1n) is 6.26. The third-order valence-electron chi connectivity index (χ3n) is 2.63. The Morgan fingerprint density at radius 1 is 1.30 bits per heavy atom. The van der Waals surface area contributed by atoms with Crippen molar-refractivity contribution in [2.75, 3.05) is 19.2 Å². The average molecular weight is 310 g/mol. The van der Waals surface area contributed by atoms with Crippen LogP contribution in [-0.4, -0.2) is 29.4 Å². The predicted molar refractivity (Wildman–Crippen MR) is 78.0 cm³/mol. The van der Waals surface area contributed by atoms with Crippen molar-refractivity contribution in [2.24, 2.45) is 0 Å². The molecule has 0 atom stereocenters. The molecule has 0 bridgehead atoms. The molecule has 0 unspecified atom stereocenters. The van der Waals surface area contributed by atoms with Crippen LogP contribution >= 0.6 is 23.1 Å². The maximum atomic E-state index is 5.69. The van der Waals surface area contributed by atoms with Crippen LogP contribution in [0.4, 0.5) is 0 Å². The van der Waals surface area contributed by atoms with Gasteiger partial charge in [0.1, 0.15) is 10.8 Å². The lowest BCUT2D eigenvalue weighted by Gasteiger charge is -2.06. The van der Waals surface area contributed by atoms with E-state index >= 15 is 0 Å². The van der Waals surface area contributed by atoms with Gasteiger partial charge in [0, 0.05) is 11.8 Å². The molecule has 0 saturated carbocycles. The first kappa shape index (κ1) is 13.5. The third kappa shape index (κ3) is 3.34. The number of nitrogens with zero attached hydrogens (tertiary/aromatic N) is 2. The van der Waals surface area contributed by atoms with Crippen molar-refractivity contribution in [3.63, 3.8) is 0 Å². The van der Waals surface area contributed by atoms with Crippen LogP contribution in [0.5, 0.6) is 17.2 Å². The maximum Gasteiger partial charge on any atom is 0.231 e. The lowest BCUT2D eigenvalue weighted by molar-refractivity contribution is 0.173. The van der Waals surface area contributed by atoms with E-state index in [-0.39, 0.29) is 6.79 Å². The summed E-state index contributed by atoms with van der Waals surface area (Å²) in [6, 6.07) is 5.63. The summed E-state index contributed by atoms with van der Waals surface area (Å²) in [5, 5.41) is 9.06. The summed E-state index contributed by atoms with van der Waals surface area (Å²) in [6.45, 7) is 2.92. The highest BCUT2D eigenvalue weighted by Gasteiger charge is 2.13. The van der Waals surface area contributed by atoms with E-state index in [9.17, 15) is 0 Å². The van der Waals surface area contributed by atoms with Gasteiger partial charge in [-0.3, -0.25) is 0 Å². The fourth-order valence-corrected chi connectivity index (χ4v) is 3.51. The van der Waals surface area contributed by atoms with Gasteiger partial charge in [-0.05, 0) is 25.5 Å². The van der Waals surface area contributed by atoms with E-state index < -0.39 is 0 Å². The molecule has 106 valence electrons. The van der Waals surface area contributed by atoms with Crippen molar-refractivity contribution >= 4 is 23.1 Å². The molecular formula is C13H14N2O3S2. The Kier molecular flexibility index (Phi) is 4.27. The van der Waals surface area contributed by atoms with E-state index in [1.54, 1.807) is 23.1 Å². The summed E-state index contributed by atoms with van der Waals surface area (Å²) >= 11 is 3.34. The molecular weight excluding hydrogens is 296 g/mol. The number of hydrogen-bond acceptors (Lipinski definition) is 7. The van der Waals surface area contributed by atoms with Gasteiger partial charge in [-0.1, -0.05) is 23.1 Å². The van der Waals surface area contributed by atoms with Crippen LogP contribution in [0.3, 0.4) is 0 Å². The van der Waals surface area contributed by atoms with Crippen molar-refractivity contribution in [3.05, 3.63) is 23.2 Å². The van der Waals surface area contributed by atoms with Gasteiger partial charge in [-0.25, -0.2) is 0 Å². The smallest absolute Gasteiger partial charge is 0.231 e. The quantitative estimate of drug-likeness (QED) is 0.603. The molecule has 0 spiro atoms. The fourth-order valence-electron chi connectivity index (χ4n) is 1.71. The summed E-state index contributed by atoms with van der Waals surface area (Å²) in [7, 11) is 0. The Hall–Kier alpha value is -1.47. The number of benzene rings is 1. The van der Waals surface area contributed by atoms with Crippen LogP contribution in [0.15, 0.2) is 22.5 Å². The zero-order valence-corrected chi connectivity index (χ0v) is 12.6. The lowest BCUT2D eigenvalue weighted by atomic mass is 10.3. The zero-order valence-electron chi connectivity index (χ0n) is 11.0. The SMILES string of the molecule is Cc1nnc(SCCCOc2ccc3c(c2)OCO3)s1.